The van der Waals surface area contributed by atoms with Crippen molar-refractivity contribution in [1.82, 2.24) is 4.31 Å². The standard InChI is InChI=1S/C22H22F3NO5S/c23-22(24,25)18-7-5-6-17(14-18)20(27)15-31-21(28)16-8-10-19(11-9-16)32(29,30)26-12-3-1-2-4-13-26/h5-11,14H,1-4,12-13,15H2. The van der Waals surface area contributed by atoms with Crippen LogP contribution in [-0.4, -0.2) is 44.2 Å². The summed E-state index contributed by atoms with van der Waals surface area (Å²) in [6, 6.07) is 8.98. The lowest BCUT2D eigenvalue weighted by Gasteiger charge is -2.19. The summed E-state index contributed by atoms with van der Waals surface area (Å²) in [5, 5.41) is 0. The van der Waals surface area contributed by atoms with E-state index in [4.69, 9.17) is 4.74 Å². The Balaban J connectivity index is 1.63. The van der Waals surface area contributed by atoms with Gasteiger partial charge >= 0.3 is 12.1 Å². The molecule has 0 aromatic heterocycles. The molecule has 0 amide bonds. The third-order valence-electron chi connectivity index (χ3n) is 5.14. The molecule has 0 N–H and O–H groups in total. The lowest BCUT2D eigenvalue weighted by molar-refractivity contribution is -0.137. The van der Waals surface area contributed by atoms with Gasteiger partial charge in [-0.3, -0.25) is 4.79 Å². The van der Waals surface area contributed by atoms with Crippen LogP contribution in [0.15, 0.2) is 53.4 Å². The Morgan fingerprint density at radius 2 is 1.53 bits per heavy atom. The normalized spacial score (nSPS) is 15.7. The van der Waals surface area contributed by atoms with Crippen molar-refractivity contribution in [1.29, 1.82) is 0 Å². The molecule has 1 fully saturated rings. The van der Waals surface area contributed by atoms with Gasteiger partial charge in [-0.05, 0) is 49.2 Å². The summed E-state index contributed by atoms with van der Waals surface area (Å²) in [4.78, 5) is 24.4. The fourth-order valence-corrected chi connectivity index (χ4v) is 4.88. The number of esters is 1. The predicted molar refractivity (Wildman–Crippen MR) is 110 cm³/mol. The molecular formula is C22H22F3NO5S. The van der Waals surface area contributed by atoms with Crippen LogP contribution in [0.1, 0.15) is 52.0 Å². The average Bonchev–Trinajstić information content (AvgIpc) is 3.07. The Morgan fingerprint density at radius 1 is 0.906 bits per heavy atom. The van der Waals surface area contributed by atoms with Crippen molar-refractivity contribution in [3.8, 4) is 0 Å². The number of carbonyl (C=O) groups excluding carboxylic acids is 2. The molecule has 6 nitrogen and oxygen atoms in total. The highest BCUT2D eigenvalue weighted by molar-refractivity contribution is 7.89. The number of benzene rings is 2. The third kappa shape index (κ3) is 5.74. The number of ether oxygens (including phenoxy) is 1. The van der Waals surface area contributed by atoms with E-state index in [2.05, 4.69) is 0 Å². The fraction of sp³-hybridized carbons (Fsp3) is 0.364. The summed E-state index contributed by atoms with van der Waals surface area (Å²) in [5.74, 6) is -1.67. The van der Waals surface area contributed by atoms with E-state index in [-0.39, 0.29) is 16.0 Å². The minimum Gasteiger partial charge on any atom is -0.454 e. The Labute approximate surface area is 184 Å². The zero-order valence-electron chi connectivity index (χ0n) is 17.1. The maximum Gasteiger partial charge on any atom is 0.416 e. The number of halogens is 3. The molecule has 1 aliphatic heterocycles. The van der Waals surface area contributed by atoms with E-state index >= 15 is 0 Å². The molecule has 2 aromatic carbocycles. The summed E-state index contributed by atoms with van der Waals surface area (Å²) < 4.78 is 70.2. The van der Waals surface area contributed by atoms with Gasteiger partial charge in [0.15, 0.2) is 12.4 Å². The minimum atomic E-state index is -4.59. The van der Waals surface area contributed by atoms with Gasteiger partial charge in [0, 0.05) is 18.7 Å². The van der Waals surface area contributed by atoms with Gasteiger partial charge in [-0.1, -0.05) is 25.0 Å². The molecule has 0 atom stereocenters. The Bertz CT molecular complexity index is 1070. The van der Waals surface area contributed by atoms with Gasteiger partial charge in [0.2, 0.25) is 10.0 Å². The van der Waals surface area contributed by atoms with Crippen molar-refractivity contribution >= 4 is 21.8 Å². The van der Waals surface area contributed by atoms with E-state index < -0.39 is 40.1 Å². The highest BCUT2D eigenvalue weighted by atomic mass is 32.2. The van der Waals surface area contributed by atoms with Gasteiger partial charge in [-0.2, -0.15) is 17.5 Å². The first-order valence-electron chi connectivity index (χ1n) is 10.1. The molecule has 2 aromatic rings. The smallest absolute Gasteiger partial charge is 0.416 e. The van der Waals surface area contributed by atoms with Crippen molar-refractivity contribution in [2.45, 2.75) is 36.8 Å². The number of hydrogen-bond acceptors (Lipinski definition) is 5. The molecule has 0 unspecified atom stereocenters. The maximum atomic E-state index is 12.8. The molecule has 1 aliphatic rings. The number of alkyl halides is 3. The van der Waals surface area contributed by atoms with Crippen LogP contribution in [0.4, 0.5) is 13.2 Å². The average molecular weight is 469 g/mol. The molecule has 0 spiro atoms. The summed E-state index contributed by atoms with van der Waals surface area (Å²) in [5.41, 5.74) is -1.18. The van der Waals surface area contributed by atoms with Crippen LogP contribution in [0.5, 0.6) is 0 Å². The van der Waals surface area contributed by atoms with Gasteiger partial charge in [0.25, 0.3) is 0 Å². The second-order valence-corrected chi connectivity index (χ2v) is 9.36. The molecule has 3 rings (SSSR count). The Hall–Kier alpha value is -2.72. The number of hydrogen-bond donors (Lipinski definition) is 0. The van der Waals surface area contributed by atoms with E-state index in [9.17, 15) is 31.2 Å². The van der Waals surface area contributed by atoms with Crippen LogP contribution in [0, 0.1) is 0 Å². The molecule has 172 valence electrons. The summed E-state index contributed by atoms with van der Waals surface area (Å²) in [6.45, 7) is 0.154. The van der Waals surface area contributed by atoms with Gasteiger partial charge < -0.3 is 4.74 Å². The van der Waals surface area contributed by atoms with Gasteiger partial charge in [0.05, 0.1) is 16.0 Å². The molecule has 0 aliphatic carbocycles. The third-order valence-corrected chi connectivity index (χ3v) is 7.05. The number of carbonyl (C=O) groups is 2. The van der Waals surface area contributed by atoms with Crippen LogP contribution in [0.2, 0.25) is 0 Å². The zero-order valence-corrected chi connectivity index (χ0v) is 17.9. The van der Waals surface area contributed by atoms with Crippen molar-refractivity contribution < 1.29 is 35.9 Å². The van der Waals surface area contributed by atoms with Crippen LogP contribution in [0.25, 0.3) is 0 Å². The Kier molecular flexibility index (Phi) is 7.35. The molecule has 1 saturated heterocycles. The van der Waals surface area contributed by atoms with Gasteiger partial charge in [-0.15, -0.1) is 0 Å². The van der Waals surface area contributed by atoms with Crippen molar-refractivity contribution in [2.24, 2.45) is 0 Å². The van der Waals surface area contributed by atoms with Gasteiger partial charge in [0.1, 0.15) is 0 Å². The van der Waals surface area contributed by atoms with E-state index in [0.717, 1.165) is 37.8 Å². The van der Waals surface area contributed by atoms with E-state index in [0.29, 0.717) is 19.2 Å². The van der Waals surface area contributed by atoms with Crippen LogP contribution < -0.4 is 0 Å². The van der Waals surface area contributed by atoms with Crippen molar-refractivity contribution in [3.63, 3.8) is 0 Å². The van der Waals surface area contributed by atoms with E-state index in [1.807, 2.05) is 0 Å². The largest absolute Gasteiger partial charge is 0.454 e. The maximum absolute atomic E-state index is 12.8. The van der Waals surface area contributed by atoms with Crippen LogP contribution in [0.3, 0.4) is 0 Å². The van der Waals surface area contributed by atoms with Crippen LogP contribution in [-0.2, 0) is 20.9 Å². The topological polar surface area (TPSA) is 80.8 Å². The predicted octanol–water partition coefficient (Wildman–Crippen LogP) is 4.31. The van der Waals surface area contributed by atoms with Gasteiger partial charge in [-0.25, -0.2) is 13.2 Å². The first kappa shape index (κ1) is 23.9. The minimum absolute atomic E-state index is 0.0247. The van der Waals surface area contributed by atoms with E-state index in [1.54, 1.807) is 0 Å². The number of nitrogens with zero attached hydrogens (tertiary/aromatic N) is 1. The molecule has 0 radical (unpaired) electrons. The number of ketones is 1. The highest BCUT2D eigenvalue weighted by Gasteiger charge is 2.31. The zero-order chi connectivity index (χ0) is 23.4. The lowest BCUT2D eigenvalue weighted by atomic mass is 10.1. The second kappa shape index (κ2) is 9.83. The summed E-state index contributed by atoms with van der Waals surface area (Å²) in [6.07, 6.45) is -1.04. The number of sulfonamides is 1. The molecule has 10 heteroatoms. The van der Waals surface area contributed by atoms with Crippen LogP contribution >= 0.6 is 0 Å². The van der Waals surface area contributed by atoms with Crippen molar-refractivity contribution in [3.05, 3.63) is 65.2 Å². The second-order valence-electron chi connectivity index (χ2n) is 7.42. The number of Topliss-reactive ketones (excluding diaryl/α,β-unsaturated/α-hetero) is 1. The Morgan fingerprint density at radius 3 is 2.12 bits per heavy atom. The molecule has 1 heterocycles. The summed E-state index contributed by atoms with van der Waals surface area (Å²) in [7, 11) is -3.67. The molecule has 0 bridgehead atoms. The summed E-state index contributed by atoms with van der Waals surface area (Å²) >= 11 is 0. The molecular weight excluding hydrogens is 447 g/mol. The van der Waals surface area contributed by atoms with E-state index in [1.165, 1.54) is 34.6 Å². The lowest BCUT2D eigenvalue weighted by Crippen LogP contribution is -2.31. The highest BCUT2D eigenvalue weighted by Crippen LogP contribution is 2.29. The molecule has 0 saturated carbocycles. The molecule has 32 heavy (non-hydrogen) atoms. The quantitative estimate of drug-likeness (QED) is 0.465. The SMILES string of the molecule is O=C(COC(=O)c1ccc(S(=O)(=O)N2CCCCCC2)cc1)c1cccc(C(F)(F)F)c1. The fourth-order valence-electron chi connectivity index (χ4n) is 3.36. The number of rotatable bonds is 6. The van der Waals surface area contributed by atoms with Crippen molar-refractivity contribution in [2.75, 3.05) is 19.7 Å². The monoisotopic (exact) mass is 469 g/mol. The first-order chi connectivity index (χ1) is 15.1. The first-order valence-corrected chi connectivity index (χ1v) is 11.5.